The number of nitrogens with zero attached hydrogens (tertiary/aromatic N) is 1. The van der Waals surface area contributed by atoms with Crippen LogP contribution < -0.4 is 5.32 Å². The minimum absolute atomic E-state index is 0.0356. The second-order valence-corrected chi connectivity index (χ2v) is 3.19. The van der Waals surface area contributed by atoms with E-state index in [2.05, 4.69) is 5.32 Å². The van der Waals surface area contributed by atoms with E-state index in [4.69, 9.17) is 4.74 Å². The zero-order valence-corrected chi connectivity index (χ0v) is 7.94. The molecule has 0 radical (unpaired) electrons. The van der Waals surface area contributed by atoms with E-state index in [1.807, 2.05) is 0 Å². The molecule has 0 atom stereocenters. The first-order chi connectivity index (χ1) is 7.09. The lowest BCUT2D eigenvalue weighted by molar-refractivity contribution is -0.385. The van der Waals surface area contributed by atoms with Gasteiger partial charge >= 0.3 is 6.09 Å². The quantitative estimate of drug-likeness (QED) is 0.565. The number of benzene rings is 1. The van der Waals surface area contributed by atoms with Crippen LogP contribution in [-0.4, -0.2) is 11.0 Å². The van der Waals surface area contributed by atoms with Crippen LogP contribution in [-0.2, 0) is 11.3 Å². The summed E-state index contributed by atoms with van der Waals surface area (Å²) in [7, 11) is 0. The van der Waals surface area contributed by atoms with E-state index < -0.39 is 11.0 Å². The summed E-state index contributed by atoms with van der Waals surface area (Å²) in [6.45, 7) is 1.71. The van der Waals surface area contributed by atoms with Crippen molar-refractivity contribution in [2.24, 2.45) is 0 Å². The Morgan fingerprint density at radius 3 is 2.93 bits per heavy atom. The van der Waals surface area contributed by atoms with E-state index >= 15 is 0 Å². The first-order valence-electron chi connectivity index (χ1n) is 4.30. The van der Waals surface area contributed by atoms with Gasteiger partial charge in [0.25, 0.3) is 5.69 Å². The average molecular weight is 208 g/mol. The number of ether oxygens (including phenoxy) is 1. The molecule has 0 bridgehead atoms. The molecule has 0 spiro atoms. The van der Waals surface area contributed by atoms with Crippen LogP contribution >= 0.6 is 0 Å². The van der Waals surface area contributed by atoms with Crippen molar-refractivity contribution in [3.63, 3.8) is 0 Å². The number of carbonyl (C=O) groups excluding carboxylic acids is 1. The van der Waals surface area contributed by atoms with E-state index in [9.17, 15) is 14.9 Å². The van der Waals surface area contributed by atoms with Crippen molar-refractivity contribution in [1.82, 2.24) is 0 Å². The smallest absolute Gasteiger partial charge is 0.411 e. The highest BCUT2D eigenvalue weighted by Gasteiger charge is 2.22. The van der Waals surface area contributed by atoms with Gasteiger partial charge in [0.05, 0.1) is 10.6 Å². The van der Waals surface area contributed by atoms with Gasteiger partial charge in [-0.05, 0) is 13.0 Å². The van der Waals surface area contributed by atoms with E-state index in [-0.39, 0.29) is 12.3 Å². The summed E-state index contributed by atoms with van der Waals surface area (Å²) >= 11 is 0. The Bertz CT molecular complexity index is 456. The maximum Gasteiger partial charge on any atom is 0.411 e. The largest absolute Gasteiger partial charge is 0.444 e. The molecule has 15 heavy (non-hydrogen) atoms. The van der Waals surface area contributed by atoms with Crippen molar-refractivity contribution in [3.05, 3.63) is 33.4 Å². The Balaban J connectivity index is 2.53. The first kappa shape index (κ1) is 9.45. The number of fused-ring (bicyclic) bond motifs is 1. The molecule has 0 saturated carbocycles. The molecular weight excluding hydrogens is 200 g/mol. The number of hydrogen-bond donors (Lipinski definition) is 1. The fourth-order valence-electron chi connectivity index (χ4n) is 1.53. The van der Waals surface area contributed by atoms with E-state index in [1.165, 1.54) is 12.1 Å². The molecule has 0 aliphatic carbocycles. The van der Waals surface area contributed by atoms with Crippen molar-refractivity contribution < 1.29 is 14.5 Å². The van der Waals surface area contributed by atoms with Crippen LogP contribution in [0.25, 0.3) is 0 Å². The third-order valence-electron chi connectivity index (χ3n) is 2.35. The molecule has 0 saturated heterocycles. The van der Waals surface area contributed by atoms with Gasteiger partial charge in [0, 0.05) is 17.2 Å². The predicted octanol–water partition coefficient (Wildman–Crippen LogP) is 1.97. The highest BCUT2D eigenvalue weighted by Crippen LogP contribution is 2.30. The first-order valence-corrected chi connectivity index (χ1v) is 4.30. The maximum atomic E-state index is 10.9. The van der Waals surface area contributed by atoms with Gasteiger partial charge in [0.2, 0.25) is 0 Å². The standard InChI is InChI=1S/C9H8N2O4/c1-5-6-4-15-9(12)10-7(6)2-3-8(5)11(13)14/h2-3H,4H2,1H3,(H,10,12). The van der Waals surface area contributed by atoms with Crippen molar-refractivity contribution in [2.75, 3.05) is 5.32 Å². The van der Waals surface area contributed by atoms with Gasteiger partial charge in [-0.2, -0.15) is 0 Å². The zero-order chi connectivity index (χ0) is 11.0. The third kappa shape index (κ3) is 1.50. The van der Waals surface area contributed by atoms with Crippen molar-refractivity contribution in [3.8, 4) is 0 Å². The third-order valence-corrected chi connectivity index (χ3v) is 2.35. The van der Waals surface area contributed by atoms with Gasteiger partial charge in [0.15, 0.2) is 0 Å². The fourth-order valence-corrected chi connectivity index (χ4v) is 1.53. The van der Waals surface area contributed by atoms with Crippen LogP contribution in [0.3, 0.4) is 0 Å². The van der Waals surface area contributed by atoms with Crippen LogP contribution in [0, 0.1) is 17.0 Å². The Kier molecular flexibility index (Phi) is 2.03. The topological polar surface area (TPSA) is 81.5 Å². The van der Waals surface area contributed by atoms with Gasteiger partial charge < -0.3 is 4.74 Å². The number of nitro groups is 1. The number of nitro benzene ring substituents is 1. The molecule has 6 nitrogen and oxygen atoms in total. The SMILES string of the molecule is Cc1c([N+](=O)[O-])ccc2c1COC(=O)N2. The molecule has 6 heteroatoms. The van der Waals surface area contributed by atoms with Gasteiger partial charge in [-0.1, -0.05) is 0 Å². The summed E-state index contributed by atoms with van der Waals surface area (Å²) in [5.41, 5.74) is 1.80. The zero-order valence-electron chi connectivity index (χ0n) is 7.94. The summed E-state index contributed by atoms with van der Waals surface area (Å²) in [6.07, 6.45) is -0.532. The summed E-state index contributed by atoms with van der Waals surface area (Å²) in [6, 6.07) is 2.89. The van der Waals surface area contributed by atoms with Gasteiger partial charge in [-0.3, -0.25) is 15.4 Å². The molecule has 2 rings (SSSR count). The average Bonchev–Trinajstić information content (AvgIpc) is 2.17. The van der Waals surface area contributed by atoms with Crippen LogP contribution in [0.4, 0.5) is 16.2 Å². The molecule has 1 amide bonds. The number of cyclic esters (lactones) is 1. The molecule has 1 aliphatic rings. The Morgan fingerprint density at radius 1 is 1.53 bits per heavy atom. The highest BCUT2D eigenvalue weighted by atomic mass is 16.6. The van der Waals surface area contributed by atoms with Crippen molar-refractivity contribution in [1.29, 1.82) is 0 Å². The number of nitrogens with one attached hydrogen (secondary N) is 1. The molecule has 1 heterocycles. The highest BCUT2D eigenvalue weighted by molar-refractivity contribution is 5.88. The molecule has 0 fully saturated rings. The summed E-state index contributed by atoms with van der Waals surface area (Å²) in [5.74, 6) is 0. The second-order valence-electron chi connectivity index (χ2n) is 3.19. The minimum Gasteiger partial charge on any atom is -0.444 e. The van der Waals surface area contributed by atoms with Gasteiger partial charge in [0.1, 0.15) is 6.61 Å². The number of rotatable bonds is 1. The molecule has 78 valence electrons. The molecule has 0 aromatic heterocycles. The van der Waals surface area contributed by atoms with Crippen LogP contribution in [0.1, 0.15) is 11.1 Å². The van der Waals surface area contributed by atoms with E-state index in [0.29, 0.717) is 16.8 Å². The monoisotopic (exact) mass is 208 g/mol. The van der Waals surface area contributed by atoms with Crippen LogP contribution in [0.15, 0.2) is 12.1 Å². The number of amides is 1. The van der Waals surface area contributed by atoms with Crippen LogP contribution in [0.2, 0.25) is 0 Å². The lowest BCUT2D eigenvalue weighted by Crippen LogP contribution is -2.21. The van der Waals surface area contributed by atoms with E-state index in [1.54, 1.807) is 6.92 Å². The van der Waals surface area contributed by atoms with Crippen LogP contribution in [0.5, 0.6) is 0 Å². The minimum atomic E-state index is -0.532. The fraction of sp³-hybridized carbons (Fsp3) is 0.222. The Morgan fingerprint density at radius 2 is 2.27 bits per heavy atom. The maximum absolute atomic E-state index is 10.9. The lowest BCUT2D eigenvalue weighted by Gasteiger charge is -2.18. The number of carbonyl (C=O) groups is 1. The summed E-state index contributed by atoms with van der Waals surface area (Å²) < 4.78 is 4.75. The summed E-state index contributed by atoms with van der Waals surface area (Å²) in [5, 5.41) is 13.1. The molecule has 1 N–H and O–H groups in total. The predicted molar refractivity (Wildman–Crippen MR) is 51.6 cm³/mol. The number of anilines is 1. The second kappa shape index (κ2) is 3.23. The van der Waals surface area contributed by atoms with Crippen molar-refractivity contribution >= 4 is 17.5 Å². The van der Waals surface area contributed by atoms with E-state index in [0.717, 1.165) is 0 Å². The molecule has 0 unspecified atom stereocenters. The Hall–Kier alpha value is -2.11. The molecular formula is C9H8N2O4. The van der Waals surface area contributed by atoms with Gasteiger partial charge in [-0.15, -0.1) is 0 Å². The lowest BCUT2D eigenvalue weighted by atomic mass is 10.0. The normalized spacial score (nSPS) is 13.8. The number of hydrogen-bond acceptors (Lipinski definition) is 4. The molecule has 1 aromatic carbocycles. The van der Waals surface area contributed by atoms with Crippen molar-refractivity contribution in [2.45, 2.75) is 13.5 Å². The molecule has 1 aromatic rings. The van der Waals surface area contributed by atoms with Gasteiger partial charge in [-0.25, -0.2) is 4.79 Å². The molecule has 1 aliphatic heterocycles. The Labute approximate surface area is 85.0 Å². The summed E-state index contributed by atoms with van der Waals surface area (Å²) in [4.78, 5) is 21.1.